The number of nitrogens with two attached hydrogens (primary N) is 1. The van der Waals surface area contributed by atoms with Gasteiger partial charge in [-0.25, -0.2) is 0 Å². The van der Waals surface area contributed by atoms with Crippen LogP contribution in [-0.2, 0) is 6.42 Å². The summed E-state index contributed by atoms with van der Waals surface area (Å²) in [5.41, 5.74) is 7.62. The Balaban J connectivity index is 2.26. The molecule has 0 radical (unpaired) electrons. The number of hydrogen-bond donors (Lipinski definition) is 3. The molecule has 5 nitrogen and oxygen atoms in total. The van der Waals surface area contributed by atoms with E-state index in [9.17, 15) is 10.2 Å². The van der Waals surface area contributed by atoms with Crippen molar-refractivity contribution in [3.05, 3.63) is 42.0 Å². The van der Waals surface area contributed by atoms with Crippen molar-refractivity contribution in [2.45, 2.75) is 32.6 Å². The predicted octanol–water partition coefficient (Wildman–Crippen LogP) is 4.83. The van der Waals surface area contributed by atoms with Crippen LogP contribution in [0.2, 0.25) is 0 Å². The third kappa shape index (κ3) is 3.75. The number of nitrogens with zero attached hydrogens (tertiary/aromatic N) is 2. The minimum atomic E-state index is 0.0309. The topological polar surface area (TPSA) is 91.2 Å². The molecule has 2 aromatic carbocycles. The number of para-hydroxylation sites is 1. The highest BCUT2D eigenvalue weighted by molar-refractivity contribution is 5.71. The van der Waals surface area contributed by atoms with Gasteiger partial charge in [0.1, 0.15) is 17.2 Å². The van der Waals surface area contributed by atoms with Crippen molar-refractivity contribution >= 4 is 17.1 Å². The van der Waals surface area contributed by atoms with Gasteiger partial charge in [-0.1, -0.05) is 38.0 Å². The number of aryl methyl sites for hydroxylation is 1. The molecule has 4 N–H and O–H groups in total. The van der Waals surface area contributed by atoms with Crippen LogP contribution in [0.15, 0.2) is 46.6 Å². The molecule has 0 saturated carbocycles. The van der Waals surface area contributed by atoms with Gasteiger partial charge in [-0.15, -0.1) is 10.2 Å². The van der Waals surface area contributed by atoms with Gasteiger partial charge in [0, 0.05) is 0 Å². The molecule has 0 aromatic heterocycles. The molecule has 2 rings (SSSR count). The normalized spacial score (nSPS) is 11.1. The molecule has 0 unspecified atom stereocenters. The zero-order valence-electron chi connectivity index (χ0n) is 12.7. The van der Waals surface area contributed by atoms with Crippen LogP contribution in [0.25, 0.3) is 0 Å². The first-order valence-electron chi connectivity index (χ1n) is 7.43. The van der Waals surface area contributed by atoms with E-state index in [4.69, 9.17) is 5.73 Å². The Morgan fingerprint density at radius 2 is 1.77 bits per heavy atom. The van der Waals surface area contributed by atoms with Gasteiger partial charge in [0.15, 0.2) is 5.69 Å². The molecule has 0 aliphatic rings. The zero-order valence-corrected chi connectivity index (χ0v) is 12.7. The first-order valence-corrected chi connectivity index (χ1v) is 7.43. The van der Waals surface area contributed by atoms with Crippen LogP contribution >= 0.6 is 0 Å². The number of benzene rings is 2. The SMILES string of the molecule is CCCCCc1ccc(N)c(N=Nc2ccccc2O)c1O. The molecule has 2 aromatic rings. The van der Waals surface area contributed by atoms with E-state index in [1.807, 2.05) is 6.07 Å². The first kappa shape index (κ1) is 15.8. The molecule has 5 heteroatoms. The Hall–Kier alpha value is -2.56. The molecule has 116 valence electrons. The number of phenolic OH excluding ortho intramolecular Hbond substituents is 2. The standard InChI is InChI=1S/C17H21N3O2/c1-2-3-4-7-12-10-11-13(18)16(17(12)22)20-19-14-8-5-6-9-15(14)21/h5-6,8-11,21-22H,2-4,7,18H2,1H3. The summed E-state index contributed by atoms with van der Waals surface area (Å²) >= 11 is 0. The molecule has 0 aliphatic carbocycles. The molecule has 0 bridgehead atoms. The Labute approximate surface area is 130 Å². The molecular weight excluding hydrogens is 278 g/mol. The van der Waals surface area contributed by atoms with E-state index in [0.29, 0.717) is 11.4 Å². The number of rotatable bonds is 6. The summed E-state index contributed by atoms with van der Waals surface area (Å²) in [5.74, 6) is 0.0960. The van der Waals surface area contributed by atoms with Crippen molar-refractivity contribution in [1.29, 1.82) is 0 Å². The van der Waals surface area contributed by atoms with Crippen LogP contribution in [0.4, 0.5) is 17.1 Å². The van der Waals surface area contributed by atoms with Gasteiger partial charge in [0.25, 0.3) is 0 Å². The fourth-order valence-corrected chi connectivity index (χ4v) is 2.16. The van der Waals surface area contributed by atoms with Gasteiger partial charge >= 0.3 is 0 Å². The minimum absolute atomic E-state index is 0.0309. The van der Waals surface area contributed by atoms with Gasteiger partial charge < -0.3 is 15.9 Å². The number of nitrogen functional groups attached to an aromatic ring is 1. The van der Waals surface area contributed by atoms with Crippen LogP contribution in [0.1, 0.15) is 31.7 Å². The van der Waals surface area contributed by atoms with Crippen LogP contribution in [0, 0.1) is 0 Å². The lowest BCUT2D eigenvalue weighted by Gasteiger charge is -2.08. The number of unbranched alkanes of at least 4 members (excludes halogenated alkanes) is 2. The maximum absolute atomic E-state index is 10.3. The average molecular weight is 299 g/mol. The smallest absolute Gasteiger partial charge is 0.150 e. The summed E-state index contributed by atoms with van der Waals surface area (Å²) in [6.45, 7) is 2.13. The van der Waals surface area contributed by atoms with Crippen LogP contribution < -0.4 is 5.73 Å². The zero-order chi connectivity index (χ0) is 15.9. The molecular formula is C17H21N3O2. The Morgan fingerprint density at radius 3 is 2.50 bits per heavy atom. The van der Waals surface area contributed by atoms with Crippen LogP contribution in [0.3, 0.4) is 0 Å². The van der Waals surface area contributed by atoms with Crippen LogP contribution in [-0.4, -0.2) is 10.2 Å². The summed E-state index contributed by atoms with van der Waals surface area (Å²) in [6, 6.07) is 10.2. The second-order valence-corrected chi connectivity index (χ2v) is 5.16. The molecule has 22 heavy (non-hydrogen) atoms. The highest BCUT2D eigenvalue weighted by Gasteiger charge is 2.11. The van der Waals surface area contributed by atoms with Gasteiger partial charge in [-0.3, -0.25) is 0 Å². The fraction of sp³-hybridized carbons (Fsp3) is 0.294. The number of azo groups is 1. The van der Waals surface area contributed by atoms with Gasteiger partial charge in [0.2, 0.25) is 0 Å². The lowest BCUT2D eigenvalue weighted by Crippen LogP contribution is -1.91. The van der Waals surface area contributed by atoms with Crippen molar-refractivity contribution in [3.8, 4) is 11.5 Å². The lowest BCUT2D eigenvalue weighted by atomic mass is 10.0. The molecule has 0 aliphatic heterocycles. The Bertz CT molecular complexity index is 669. The third-order valence-corrected chi connectivity index (χ3v) is 3.46. The Kier molecular flexibility index (Phi) is 5.36. The van der Waals surface area contributed by atoms with Crippen molar-refractivity contribution in [3.63, 3.8) is 0 Å². The molecule has 0 saturated heterocycles. The monoisotopic (exact) mass is 299 g/mol. The molecule has 0 heterocycles. The van der Waals surface area contributed by atoms with Crippen molar-refractivity contribution in [2.24, 2.45) is 10.2 Å². The van der Waals surface area contributed by atoms with Gasteiger partial charge in [0.05, 0.1) is 5.69 Å². The van der Waals surface area contributed by atoms with E-state index >= 15 is 0 Å². The van der Waals surface area contributed by atoms with Gasteiger partial charge in [-0.2, -0.15) is 0 Å². The number of anilines is 1. The second kappa shape index (κ2) is 7.45. The number of phenols is 2. The number of hydrogen-bond acceptors (Lipinski definition) is 5. The molecule has 0 amide bonds. The Morgan fingerprint density at radius 1 is 1.00 bits per heavy atom. The minimum Gasteiger partial charge on any atom is -0.506 e. The second-order valence-electron chi connectivity index (χ2n) is 5.16. The average Bonchev–Trinajstić information content (AvgIpc) is 2.51. The maximum atomic E-state index is 10.3. The van der Waals surface area contributed by atoms with Crippen molar-refractivity contribution in [1.82, 2.24) is 0 Å². The highest BCUT2D eigenvalue weighted by Crippen LogP contribution is 2.38. The quantitative estimate of drug-likeness (QED) is 0.405. The highest BCUT2D eigenvalue weighted by atomic mass is 16.3. The predicted molar refractivity (Wildman–Crippen MR) is 88.0 cm³/mol. The summed E-state index contributed by atoms with van der Waals surface area (Å²) in [6.07, 6.45) is 4.01. The number of aromatic hydroxyl groups is 2. The van der Waals surface area contributed by atoms with Crippen molar-refractivity contribution in [2.75, 3.05) is 5.73 Å². The third-order valence-electron chi connectivity index (χ3n) is 3.46. The van der Waals surface area contributed by atoms with E-state index in [1.54, 1.807) is 24.3 Å². The molecule has 0 atom stereocenters. The summed E-state index contributed by atoms with van der Waals surface area (Å²) < 4.78 is 0. The molecule has 0 spiro atoms. The van der Waals surface area contributed by atoms with Crippen molar-refractivity contribution < 1.29 is 10.2 Å². The van der Waals surface area contributed by atoms with Crippen LogP contribution in [0.5, 0.6) is 11.5 Å². The van der Waals surface area contributed by atoms with Gasteiger partial charge in [-0.05, 0) is 36.6 Å². The summed E-state index contributed by atoms with van der Waals surface area (Å²) in [7, 11) is 0. The van der Waals surface area contributed by atoms with E-state index in [-0.39, 0.29) is 17.2 Å². The van der Waals surface area contributed by atoms with E-state index in [1.165, 1.54) is 6.07 Å². The lowest BCUT2D eigenvalue weighted by molar-refractivity contribution is 0.467. The maximum Gasteiger partial charge on any atom is 0.150 e. The molecule has 0 fully saturated rings. The summed E-state index contributed by atoms with van der Waals surface area (Å²) in [4.78, 5) is 0. The largest absolute Gasteiger partial charge is 0.506 e. The van der Waals surface area contributed by atoms with E-state index in [0.717, 1.165) is 31.2 Å². The summed E-state index contributed by atoms with van der Waals surface area (Å²) in [5, 5.41) is 28.0. The fourth-order valence-electron chi connectivity index (χ4n) is 2.16. The first-order chi connectivity index (χ1) is 10.6. The van der Waals surface area contributed by atoms with E-state index in [2.05, 4.69) is 17.2 Å². The van der Waals surface area contributed by atoms with E-state index < -0.39 is 0 Å².